The van der Waals surface area contributed by atoms with Crippen molar-refractivity contribution in [3.8, 4) is 11.8 Å². The van der Waals surface area contributed by atoms with E-state index in [1.54, 1.807) is 6.33 Å². The second kappa shape index (κ2) is 3.31. The van der Waals surface area contributed by atoms with Gasteiger partial charge < -0.3 is 0 Å². The molecule has 4 heteroatoms. The number of benzene rings is 1. The molecular formula is C12H8N4. The molecule has 1 aromatic carbocycles. The van der Waals surface area contributed by atoms with Crippen molar-refractivity contribution in [1.29, 1.82) is 5.26 Å². The van der Waals surface area contributed by atoms with Crippen molar-refractivity contribution in [2.24, 2.45) is 4.99 Å². The van der Waals surface area contributed by atoms with Gasteiger partial charge >= 0.3 is 0 Å². The van der Waals surface area contributed by atoms with Gasteiger partial charge in [0.25, 0.3) is 0 Å². The standard InChI is InChI=1S/C12H8N4/c13-5-10-12-7-14-6-9-3-1-2-4-11(9)16(12)8-15-10/h1-4,6,8H,7H2. The highest BCUT2D eigenvalue weighted by Gasteiger charge is 2.15. The number of aliphatic imine (C=N–C) groups is 1. The van der Waals surface area contributed by atoms with Crippen molar-refractivity contribution >= 4 is 6.21 Å². The summed E-state index contributed by atoms with van der Waals surface area (Å²) in [4.78, 5) is 8.38. The predicted octanol–water partition coefficient (Wildman–Crippen LogP) is 1.68. The molecule has 2 aromatic rings. The van der Waals surface area contributed by atoms with Crippen molar-refractivity contribution in [1.82, 2.24) is 9.55 Å². The minimum Gasteiger partial charge on any atom is -0.299 e. The lowest BCUT2D eigenvalue weighted by molar-refractivity contribution is 0.921. The maximum Gasteiger partial charge on any atom is 0.163 e. The lowest BCUT2D eigenvalue weighted by atomic mass is 10.2. The van der Waals surface area contributed by atoms with E-state index in [1.165, 1.54) is 0 Å². The normalized spacial score (nSPS) is 12.4. The number of para-hydroxylation sites is 1. The van der Waals surface area contributed by atoms with Crippen LogP contribution in [0, 0.1) is 11.3 Å². The van der Waals surface area contributed by atoms with E-state index in [-0.39, 0.29) is 0 Å². The molecule has 0 atom stereocenters. The van der Waals surface area contributed by atoms with E-state index >= 15 is 0 Å². The van der Waals surface area contributed by atoms with Crippen LogP contribution in [0.2, 0.25) is 0 Å². The van der Waals surface area contributed by atoms with Crippen LogP contribution in [0.4, 0.5) is 0 Å². The molecule has 0 unspecified atom stereocenters. The Balaban J connectivity index is 2.32. The minimum atomic E-state index is 0.453. The molecule has 1 aliphatic rings. The molecule has 1 aliphatic heterocycles. The van der Waals surface area contributed by atoms with Gasteiger partial charge in [-0.1, -0.05) is 18.2 Å². The molecule has 0 saturated heterocycles. The van der Waals surface area contributed by atoms with Crippen molar-refractivity contribution < 1.29 is 0 Å². The molecule has 0 N–H and O–H groups in total. The van der Waals surface area contributed by atoms with E-state index in [2.05, 4.69) is 16.0 Å². The van der Waals surface area contributed by atoms with Crippen molar-refractivity contribution in [3.05, 3.63) is 47.5 Å². The monoisotopic (exact) mass is 208 g/mol. The van der Waals surface area contributed by atoms with Crippen LogP contribution in [-0.4, -0.2) is 15.8 Å². The Morgan fingerprint density at radius 2 is 2.19 bits per heavy atom. The molecular weight excluding hydrogens is 200 g/mol. The zero-order chi connectivity index (χ0) is 11.0. The minimum absolute atomic E-state index is 0.453. The van der Waals surface area contributed by atoms with Crippen LogP contribution in [0.15, 0.2) is 35.6 Å². The Kier molecular flexibility index (Phi) is 1.84. The van der Waals surface area contributed by atoms with Gasteiger partial charge in [-0.15, -0.1) is 0 Å². The van der Waals surface area contributed by atoms with Gasteiger partial charge in [-0.3, -0.25) is 9.56 Å². The zero-order valence-electron chi connectivity index (χ0n) is 8.46. The molecule has 0 amide bonds. The molecule has 76 valence electrons. The number of hydrogen-bond donors (Lipinski definition) is 0. The van der Waals surface area contributed by atoms with Crippen LogP contribution < -0.4 is 0 Å². The third kappa shape index (κ3) is 1.15. The largest absolute Gasteiger partial charge is 0.299 e. The highest BCUT2D eigenvalue weighted by molar-refractivity contribution is 5.85. The number of nitrogens with zero attached hydrogens (tertiary/aromatic N) is 4. The average molecular weight is 208 g/mol. The number of aromatic nitrogens is 2. The predicted molar refractivity (Wildman–Crippen MR) is 59.6 cm³/mol. The Bertz CT molecular complexity index is 616. The summed E-state index contributed by atoms with van der Waals surface area (Å²) in [5.74, 6) is 0. The molecule has 0 aliphatic carbocycles. The molecule has 16 heavy (non-hydrogen) atoms. The van der Waals surface area contributed by atoms with Gasteiger partial charge in [-0.2, -0.15) is 5.26 Å². The van der Waals surface area contributed by atoms with E-state index in [4.69, 9.17) is 5.26 Å². The third-order valence-corrected chi connectivity index (χ3v) is 2.64. The second-order valence-corrected chi connectivity index (χ2v) is 3.55. The first-order chi connectivity index (χ1) is 7.90. The molecule has 0 bridgehead atoms. The summed E-state index contributed by atoms with van der Waals surface area (Å²) >= 11 is 0. The quantitative estimate of drug-likeness (QED) is 0.661. The highest BCUT2D eigenvalue weighted by Crippen LogP contribution is 2.20. The molecule has 0 spiro atoms. The first-order valence-corrected chi connectivity index (χ1v) is 4.95. The van der Waals surface area contributed by atoms with E-state index in [0.29, 0.717) is 12.2 Å². The maximum atomic E-state index is 8.94. The first kappa shape index (κ1) is 8.86. The Morgan fingerprint density at radius 1 is 1.31 bits per heavy atom. The smallest absolute Gasteiger partial charge is 0.163 e. The Morgan fingerprint density at radius 3 is 3.06 bits per heavy atom. The summed E-state index contributed by atoms with van der Waals surface area (Å²) in [6, 6.07) is 10.0. The van der Waals surface area contributed by atoms with Gasteiger partial charge in [0.05, 0.1) is 17.9 Å². The van der Waals surface area contributed by atoms with Crippen LogP contribution in [0.3, 0.4) is 0 Å². The second-order valence-electron chi connectivity index (χ2n) is 3.55. The summed E-state index contributed by atoms with van der Waals surface area (Å²) in [5, 5.41) is 8.94. The van der Waals surface area contributed by atoms with Gasteiger partial charge in [-0.05, 0) is 6.07 Å². The van der Waals surface area contributed by atoms with Crippen LogP contribution >= 0.6 is 0 Å². The molecule has 2 heterocycles. The van der Waals surface area contributed by atoms with Crippen LogP contribution in [0.25, 0.3) is 5.69 Å². The fourth-order valence-corrected chi connectivity index (χ4v) is 1.87. The molecule has 3 rings (SSSR count). The van der Waals surface area contributed by atoms with Crippen LogP contribution in [0.5, 0.6) is 0 Å². The van der Waals surface area contributed by atoms with E-state index in [0.717, 1.165) is 16.9 Å². The van der Waals surface area contributed by atoms with E-state index in [1.807, 2.05) is 35.0 Å². The zero-order valence-corrected chi connectivity index (χ0v) is 8.46. The number of hydrogen-bond acceptors (Lipinski definition) is 3. The van der Waals surface area contributed by atoms with Crippen molar-refractivity contribution in [2.75, 3.05) is 0 Å². The van der Waals surface area contributed by atoms with Gasteiger partial charge in [0.15, 0.2) is 5.69 Å². The summed E-state index contributed by atoms with van der Waals surface area (Å²) in [6.45, 7) is 0.498. The maximum absolute atomic E-state index is 8.94. The molecule has 0 fully saturated rings. The Hall–Kier alpha value is -2.41. The lowest BCUT2D eigenvalue weighted by Crippen LogP contribution is -1.99. The van der Waals surface area contributed by atoms with E-state index in [9.17, 15) is 0 Å². The van der Waals surface area contributed by atoms with Gasteiger partial charge in [0.1, 0.15) is 12.4 Å². The number of rotatable bonds is 0. The fraction of sp³-hybridized carbons (Fsp3) is 0.0833. The molecule has 0 radical (unpaired) electrons. The van der Waals surface area contributed by atoms with Gasteiger partial charge in [0, 0.05) is 11.8 Å². The fourth-order valence-electron chi connectivity index (χ4n) is 1.87. The number of nitriles is 1. The average Bonchev–Trinajstić information content (AvgIpc) is 2.64. The van der Waals surface area contributed by atoms with Gasteiger partial charge in [-0.25, -0.2) is 4.98 Å². The molecule has 4 nitrogen and oxygen atoms in total. The number of fused-ring (bicyclic) bond motifs is 3. The van der Waals surface area contributed by atoms with Gasteiger partial charge in [0.2, 0.25) is 0 Å². The van der Waals surface area contributed by atoms with E-state index < -0.39 is 0 Å². The Labute approximate surface area is 92.5 Å². The highest BCUT2D eigenvalue weighted by atomic mass is 15.1. The summed E-state index contributed by atoms with van der Waals surface area (Å²) in [5.41, 5.74) is 3.37. The van der Waals surface area contributed by atoms with Crippen LogP contribution in [0.1, 0.15) is 17.0 Å². The molecule has 1 aromatic heterocycles. The summed E-state index contributed by atoms with van der Waals surface area (Å²) in [6.07, 6.45) is 3.52. The van der Waals surface area contributed by atoms with Crippen molar-refractivity contribution in [3.63, 3.8) is 0 Å². The molecule has 0 saturated carbocycles. The summed E-state index contributed by atoms with van der Waals surface area (Å²) < 4.78 is 1.93. The topological polar surface area (TPSA) is 54.0 Å². The third-order valence-electron chi connectivity index (χ3n) is 2.64. The van der Waals surface area contributed by atoms with Crippen molar-refractivity contribution in [2.45, 2.75) is 6.54 Å². The SMILES string of the molecule is N#Cc1ncn2c1CN=Cc1ccccc1-2. The summed E-state index contributed by atoms with van der Waals surface area (Å²) in [7, 11) is 0. The lowest BCUT2D eigenvalue weighted by Gasteiger charge is -2.06. The van der Waals surface area contributed by atoms with Crippen LogP contribution in [-0.2, 0) is 6.54 Å². The number of imidazole rings is 1. The first-order valence-electron chi connectivity index (χ1n) is 4.95.